The summed E-state index contributed by atoms with van der Waals surface area (Å²) in [6.07, 6.45) is 0. The first kappa shape index (κ1) is 17.1. The summed E-state index contributed by atoms with van der Waals surface area (Å²) in [4.78, 5) is 23.5. The molecule has 5 heteroatoms. The third-order valence-corrected chi connectivity index (χ3v) is 3.15. The van der Waals surface area contributed by atoms with E-state index in [-0.39, 0.29) is 24.9 Å². The maximum Gasteiger partial charge on any atom is 0.251 e. The SMILES string of the molecule is COc1ccccc1C#CCNC(=O)CNC(=O)c1ccccc1. The molecule has 0 bridgehead atoms. The number of para-hydroxylation sites is 1. The monoisotopic (exact) mass is 322 g/mol. The van der Waals surface area contributed by atoms with E-state index in [9.17, 15) is 9.59 Å². The van der Waals surface area contributed by atoms with E-state index in [1.165, 1.54) is 0 Å². The van der Waals surface area contributed by atoms with Gasteiger partial charge in [0.15, 0.2) is 0 Å². The second-order valence-corrected chi connectivity index (χ2v) is 4.83. The number of hydrogen-bond acceptors (Lipinski definition) is 3. The van der Waals surface area contributed by atoms with Crippen molar-refractivity contribution in [3.63, 3.8) is 0 Å². The Morgan fingerprint density at radius 1 is 1.00 bits per heavy atom. The summed E-state index contributed by atoms with van der Waals surface area (Å²) < 4.78 is 5.19. The van der Waals surface area contributed by atoms with E-state index in [1.807, 2.05) is 30.3 Å². The Morgan fingerprint density at radius 2 is 1.71 bits per heavy atom. The standard InChI is InChI=1S/C19H18N2O3/c1-24-17-12-6-5-8-15(17)11-7-13-20-18(22)14-21-19(23)16-9-3-2-4-10-16/h2-6,8-10,12H,13-14H2,1H3,(H,20,22)(H,21,23). The van der Waals surface area contributed by atoms with Gasteiger partial charge >= 0.3 is 0 Å². The van der Waals surface area contributed by atoms with E-state index < -0.39 is 0 Å². The molecule has 2 rings (SSSR count). The number of hydrogen-bond donors (Lipinski definition) is 2. The highest BCUT2D eigenvalue weighted by atomic mass is 16.5. The van der Waals surface area contributed by atoms with Gasteiger partial charge in [0.2, 0.25) is 5.91 Å². The zero-order valence-electron chi connectivity index (χ0n) is 13.3. The van der Waals surface area contributed by atoms with Crippen LogP contribution in [0, 0.1) is 11.8 Å². The number of ether oxygens (including phenoxy) is 1. The normalized spacial score (nSPS) is 9.38. The quantitative estimate of drug-likeness (QED) is 0.822. The van der Waals surface area contributed by atoms with Crippen molar-refractivity contribution in [2.45, 2.75) is 0 Å². The minimum Gasteiger partial charge on any atom is -0.495 e. The number of rotatable bonds is 5. The molecule has 2 amide bonds. The molecule has 0 saturated carbocycles. The van der Waals surface area contributed by atoms with E-state index in [4.69, 9.17) is 4.74 Å². The van der Waals surface area contributed by atoms with Gasteiger partial charge in [-0.1, -0.05) is 42.2 Å². The van der Waals surface area contributed by atoms with Crippen LogP contribution in [0.2, 0.25) is 0 Å². The van der Waals surface area contributed by atoms with E-state index in [2.05, 4.69) is 22.5 Å². The molecule has 0 fully saturated rings. The molecule has 0 aliphatic heterocycles. The summed E-state index contributed by atoms with van der Waals surface area (Å²) in [5.41, 5.74) is 1.27. The van der Waals surface area contributed by atoms with Crippen LogP contribution in [-0.4, -0.2) is 32.0 Å². The van der Waals surface area contributed by atoms with Crippen LogP contribution in [0.15, 0.2) is 54.6 Å². The number of nitrogens with one attached hydrogen (secondary N) is 2. The number of carbonyl (C=O) groups excluding carboxylic acids is 2. The Hall–Kier alpha value is -3.26. The highest BCUT2D eigenvalue weighted by Gasteiger charge is 2.06. The fraction of sp³-hybridized carbons (Fsp3) is 0.158. The summed E-state index contributed by atoms with van der Waals surface area (Å²) in [6, 6.07) is 16.1. The largest absolute Gasteiger partial charge is 0.495 e. The average molecular weight is 322 g/mol. The smallest absolute Gasteiger partial charge is 0.251 e. The molecule has 2 N–H and O–H groups in total. The van der Waals surface area contributed by atoms with Crippen LogP contribution in [0.5, 0.6) is 5.75 Å². The molecule has 2 aromatic rings. The Bertz CT molecular complexity index is 761. The van der Waals surface area contributed by atoms with Gasteiger partial charge in [-0.2, -0.15) is 0 Å². The van der Waals surface area contributed by atoms with Crippen molar-refractivity contribution in [2.75, 3.05) is 20.2 Å². The maximum atomic E-state index is 11.8. The zero-order chi connectivity index (χ0) is 17.2. The van der Waals surface area contributed by atoms with Gasteiger partial charge in [0.25, 0.3) is 5.91 Å². The Labute approximate surface area is 141 Å². The number of amides is 2. The molecule has 24 heavy (non-hydrogen) atoms. The first-order valence-electron chi connectivity index (χ1n) is 7.42. The van der Waals surface area contributed by atoms with Crippen molar-refractivity contribution < 1.29 is 14.3 Å². The first-order valence-corrected chi connectivity index (χ1v) is 7.42. The lowest BCUT2D eigenvalue weighted by atomic mass is 10.2. The van der Waals surface area contributed by atoms with Crippen molar-refractivity contribution in [1.29, 1.82) is 0 Å². The molecule has 2 aromatic carbocycles. The lowest BCUT2D eigenvalue weighted by Gasteiger charge is -2.05. The van der Waals surface area contributed by atoms with Crippen LogP contribution >= 0.6 is 0 Å². The van der Waals surface area contributed by atoms with E-state index >= 15 is 0 Å². The highest BCUT2D eigenvalue weighted by Crippen LogP contribution is 2.15. The maximum absolute atomic E-state index is 11.8. The second kappa shape index (κ2) is 9.01. The number of carbonyl (C=O) groups is 2. The van der Waals surface area contributed by atoms with Crippen molar-refractivity contribution in [1.82, 2.24) is 10.6 Å². The van der Waals surface area contributed by atoms with Gasteiger partial charge in [-0.15, -0.1) is 0 Å². The van der Waals surface area contributed by atoms with Gasteiger partial charge in [-0.3, -0.25) is 9.59 Å². The van der Waals surface area contributed by atoms with Crippen LogP contribution in [-0.2, 0) is 4.79 Å². The molecule has 0 saturated heterocycles. The molecule has 0 radical (unpaired) electrons. The van der Waals surface area contributed by atoms with E-state index in [0.29, 0.717) is 11.3 Å². The highest BCUT2D eigenvalue weighted by molar-refractivity contribution is 5.96. The summed E-state index contributed by atoms with van der Waals surface area (Å²) in [7, 11) is 1.58. The van der Waals surface area contributed by atoms with E-state index in [0.717, 1.165) is 5.56 Å². The lowest BCUT2D eigenvalue weighted by Crippen LogP contribution is -2.37. The minimum atomic E-state index is -0.298. The fourth-order valence-electron chi connectivity index (χ4n) is 1.94. The number of benzene rings is 2. The molecule has 0 spiro atoms. The van der Waals surface area contributed by atoms with Crippen LogP contribution < -0.4 is 15.4 Å². The predicted molar refractivity (Wildman–Crippen MR) is 91.7 cm³/mol. The summed E-state index contributed by atoms with van der Waals surface area (Å²) >= 11 is 0. The molecule has 122 valence electrons. The van der Waals surface area contributed by atoms with Gasteiger partial charge in [-0.05, 0) is 24.3 Å². The molecule has 5 nitrogen and oxygen atoms in total. The third kappa shape index (κ3) is 5.18. The second-order valence-electron chi connectivity index (χ2n) is 4.83. The van der Waals surface area contributed by atoms with Crippen molar-refractivity contribution >= 4 is 11.8 Å². The van der Waals surface area contributed by atoms with Crippen LogP contribution in [0.1, 0.15) is 15.9 Å². The van der Waals surface area contributed by atoms with Crippen LogP contribution in [0.3, 0.4) is 0 Å². The van der Waals surface area contributed by atoms with Crippen LogP contribution in [0.25, 0.3) is 0 Å². The minimum absolute atomic E-state index is 0.0932. The average Bonchev–Trinajstić information content (AvgIpc) is 2.64. The molecule has 0 atom stereocenters. The van der Waals surface area contributed by atoms with Gasteiger partial charge in [0, 0.05) is 5.56 Å². The number of methoxy groups -OCH3 is 1. The lowest BCUT2D eigenvalue weighted by molar-refractivity contribution is -0.119. The topological polar surface area (TPSA) is 67.4 Å². The van der Waals surface area contributed by atoms with Gasteiger partial charge in [0.05, 0.1) is 25.8 Å². The van der Waals surface area contributed by atoms with Gasteiger partial charge in [-0.25, -0.2) is 0 Å². The Balaban J connectivity index is 1.76. The molecular weight excluding hydrogens is 304 g/mol. The van der Waals surface area contributed by atoms with Crippen LogP contribution in [0.4, 0.5) is 0 Å². The van der Waals surface area contributed by atoms with E-state index in [1.54, 1.807) is 31.4 Å². The van der Waals surface area contributed by atoms with Crippen molar-refractivity contribution in [2.24, 2.45) is 0 Å². The van der Waals surface area contributed by atoms with Crippen molar-refractivity contribution in [3.05, 3.63) is 65.7 Å². The fourth-order valence-corrected chi connectivity index (χ4v) is 1.94. The predicted octanol–water partition coefficient (Wildman–Crippen LogP) is 1.59. The summed E-state index contributed by atoms with van der Waals surface area (Å²) in [5, 5.41) is 5.19. The summed E-state index contributed by atoms with van der Waals surface area (Å²) in [5.74, 6) is 5.89. The first-order chi connectivity index (χ1) is 11.7. The third-order valence-electron chi connectivity index (χ3n) is 3.15. The molecule has 0 aliphatic rings. The zero-order valence-corrected chi connectivity index (χ0v) is 13.3. The van der Waals surface area contributed by atoms with Crippen molar-refractivity contribution in [3.8, 4) is 17.6 Å². The van der Waals surface area contributed by atoms with Gasteiger partial charge in [0.1, 0.15) is 5.75 Å². The van der Waals surface area contributed by atoms with Gasteiger partial charge < -0.3 is 15.4 Å². The molecule has 0 aromatic heterocycles. The molecular formula is C19H18N2O3. The summed E-state index contributed by atoms with van der Waals surface area (Å²) in [6.45, 7) is 0.0994. The molecule has 0 aliphatic carbocycles. The Morgan fingerprint density at radius 3 is 2.46 bits per heavy atom. The Kier molecular flexibility index (Phi) is 6.42. The molecule has 0 heterocycles. The molecule has 0 unspecified atom stereocenters.